The van der Waals surface area contributed by atoms with Gasteiger partial charge in [-0.1, -0.05) is 55.9 Å². The number of rotatable bonds is 6. The Labute approximate surface area is 211 Å². The first-order chi connectivity index (χ1) is 16.5. The summed E-state index contributed by atoms with van der Waals surface area (Å²) in [7, 11) is 0. The third kappa shape index (κ3) is 5.60. The molecule has 4 rings (SSSR count). The second kappa shape index (κ2) is 10.2. The minimum absolute atomic E-state index is 0.278. The third-order valence-electron chi connectivity index (χ3n) is 9.08. The van der Waals surface area contributed by atoms with E-state index in [9.17, 15) is 15.3 Å². The van der Waals surface area contributed by atoms with E-state index in [0.717, 1.165) is 23.3 Å². The zero-order chi connectivity index (χ0) is 25.4. The smallest absolute Gasteiger partial charge is 0.119 e. The van der Waals surface area contributed by atoms with Crippen LogP contribution in [0.2, 0.25) is 0 Å². The number of aliphatic hydroxyl groups excluding tert-OH is 2. The van der Waals surface area contributed by atoms with E-state index in [2.05, 4.69) is 32.6 Å². The summed E-state index contributed by atoms with van der Waals surface area (Å²) in [6, 6.07) is 7.82. The average Bonchev–Trinajstić information content (AvgIpc) is 3.16. The Morgan fingerprint density at radius 2 is 1.89 bits per heavy atom. The summed E-state index contributed by atoms with van der Waals surface area (Å²) < 4.78 is 6.23. The van der Waals surface area contributed by atoms with Crippen molar-refractivity contribution >= 4 is 0 Å². The van der Waals surface area contributed by atoms with Crippen LogP contribution in [0.15, 0.2) is 59.7 Å². The molecule has 0 heterocycles. The maximum absolute atomic E-state index is 10.3. The summed E-state index contributed by atoms with van der Waals surface area (Å²) in [5, 5.41) is 30.7. The molecule has 0 radical (unpaired) electrons. The van der Waals surface area contributed by atoms with Gasteiger partial charge in [0.2, 0.25) is 0 Å². The van der Waals surface area contributed by atoms with Gasteiger partial charge in [-0.25, -0.2) is 0 Å². The predicted octanol–water partition coefficient (Wildman–Crippen LogP) is 6.07. The van der Waals surface area contributed by atoms with Gasteiger partial charge in [-0.05, 0) is 105 Å². The second-order valence-corrected chi connectivity index (χ2v) is 12.1. The van der Waals surface area contributed by atoms with Crippen molar-refractivity contribution in [2.24, 2.45) is 23.2 Å². The SMILES string of the molecule is C=C1[C@H](O)CC(=CC=C2CCCC3(C)C2CCC3[C@@H](C)COc2cccc(C(C)(C)O)c2)C[C@H]1O. The van der Waals surface area contributed by atoms with Crippen LogP contribution >= 0.6 is 0 Å². The highest BCUT2D eigenvalue weighted by atomic mass is 16.5. The molecule has 3 aliphatic carbocycles. The molecule has 4 nitrogen and oxygen atoms in total. The highest BCUT2D eigenvalue weighted by Gasteiger charge is 2.50. The fraction of sp³-hybridized carbons (Fsp3) is 0.613. The number of allylic oxidation sites excluding steroid dienone is 3. The average molecular weight is 481 g/mol. The largest absolute Gasteiger partial charge is 0.493 e. The monoisotopic (exact) mass is 480 g/mol. The van der Waals surface area contributed by atoms with Crippen molar-refractivity contribution in [2.45, 2.75) is 90.4 Å². The quantitative estimate of drug-likeness (QED) is 0.432. The molecule has 3 fully saturated rings. The fourth-order valence-electron chi connectivity index (χ4n) is 6.95. The van der Waals surface area contributed by atoms with E-state index in [1.165, 1.54) is 31.3 Å². The second-order valence-electron chi connectivity index (χ2n) is 12.1. The summed E-state index contributed by atoms with van der Waals surface area (Å²) in [6.45, 7) is 12.9. The van der Waals surface area contributed by atoms with Gasteiger partial charge in [0, 0.05) is 0 Å². The van der Waals surface area contributed by atoms with E-state index in [-0.39, 0.29) is 5.41 Å². The molecular formula is C31H44O4. The topological polar surface area (TPSA) is 69.9 Å². The van der Waals surface area contributed by atoms with Gasteiger partial charge in [0.05, 0.1) is 24.4 Å². The molecule has 6 atom stereocenters. The Balaban J connectivity index is 1.43. The van der Waals surface area contributed by atoms with Crippen molar-refractivity contribution in [3.8, 4) is 5.75 Å². The van der Waals surface area contributed by atoms with Gasteiger partial charge < -0.3 is 20.1 Å². The lowest BCUT2D eigenvalue weighted by Crippen LogP contribution is -2.37. The lowest BCUT2D eigenvalue weighted by atomic mass is 9.61. The molecule has 0 spiro atoms. The molecule has 3 aliphatic rings. The molecule has 1 aromatic carbocycles. The first kappa shape index (κ1) is 26.2. The van der Waals surface area contributed by atoms with E-state index in [1.54, 1.807) is 13.8 Å². The molecule has 192 valence electrons. The van der Waals surface area contributed by atoms with Gasteiger partial charge in [-0.3, -0.25) is 0 Å². The summed E-state index contributed by atoms with van der Waals surface area (Å²) in [4.78, 5) is 0. The van der Waals surface area contributed by atoms with Gasteiger partial charge in [0.1, 0.15) is 5.75 Å². The Kier molecular flexibility index (Phi) is 7.66. The number of benzene rings is 1. The highest BCUT2D eigenvalue weighted by Crippen LogP contribution is 2.59. The van der Waals surface area contributed by atoms with E-state index < -0.39 is 17.8 Å². The van der Waals surface area contributed by atoms with Gasteiger partial charge in [-0.15, -0.1) is 0 Å². The van der Waals surface area contributed by atoms with Crippen LogP contribution in [0.25, 0.3) is 0 Å². The molecule has 0 saturated heterocycles. The van der Waals surface area contributed by atoms with Crippen molar-refractivity contribution < 1.29 is 20.1 Å². The molecule has 0 bridgehead atoms. The standard InChI is InChI=1S/C31H44O4/c1-20(19-35-25-10-6-9-24(18-25)30(3,4)34)26-13-14-27-23(8-7-15-31(26,27)5)12-11-22-16-28(32)21(2)29(33)17-22/h6,9-12,18,20,26-29,32-34H,2,7-8,13-17,19H2,1,3-5H3/t20-,26?,27?,28+,29+,31?/m0/s1. The summed E-state index contributed by atoms with van der Waals surface area (Å²) in [6.07, 6.45) is 10.4. The van der Waals surface area contributed by atoms with Crippen LogP contribution < -0.4 is 4.74 Å². The molecular weight excluding hydrogens is 436 g/mol. The van der Waals surface area contributed by atoms with Crippen LogP contribution in [0.4, 0.5) is 0 Å². The van der Waals surface area contributed by atoms with Crippen LogP contribution in [0.3, 0.4) is 0 Å². The Morgan fingerprint density at radius 3 is 2.57 bits per heavy atom. The minimum Gasteiger partial charge on any atom is -0.493 e. The van der Waals surface area contributed by atoms with Crippen LogP contribution in [0.5, 0.6) is 5.75 Å². The molecule has 1 aromatic rings. The molecule has 3 N–H and O–H groups in total. The predicted molar refractivity (Wildman–Crippen MR) is 141 cm³/mol. The normalized spacial score (nSPS) is 33.5. The van der Waals surface area contributed by atoms with Gasteiger partial charge in [-0.2, -0.15) is 0 Å². The number of hydrogen-bond acceptors (Lipinski definition) is 4. The van der Waals surface area contributed by atoms with E-state index >= 15 is 0 Å². The number of ether oxygens (including phenoxy) is 1. The Morgan fingerprint density at radius 1 is 1.17 bits per heavy atom. The van der Waals surface area contributed by atoms with Gasteiger partial charge in [0.25, 0.3) is 0 Å². The van der Waals surface area contributed by atoms with Crippen molar-refractivity contribution in [2.75, 3.05) is 6.61 Å². The zero-order valence-electron chi connectivity index (χ0n) is 22.0. The van der Waals surface area contributed by atoms with E-state index in [1.807, 2.05) is 24.3 Å². The maximum atomic E-state index is 10.3. The van der Waals surface area contributed by atoms with Crippen molar-refractivity contribution in [3.05, 3.63) is 65.3 Å². The third-order valence-corrected chi connectivity index (χ3v) is 9.08. The Bertz CT molecular complexity index is 968. The lowest BCUT2D eigenvalue weighted by molar-refractivity contribution is 0.0727. The minimum atomic E-state index is -0.876. The number of aliphatic hydroxyl groups is 3. The van der Waals surface area contributed by atoms with Crippen molar-refractivity contribution in [1.29, 1.82) is 0 Å². The van der Waals surface area contributed by atoms with Crippen molar-refractivity contribution in [1.82, 2.24) is 0 Å². The first-order valence-electron chi connectivity index (χ1n) is 13.4. The van der Waals surface area contributed by atoms with Gasteiger partial charge in [0.15, 0.2) is 0 Å². The molecule has 3 saturated carbocycles. The summed E-state index contributed by atoms with van der Waals surface area (Å²) >= 11 is 0. The first-order valence-corrected chi connectivity index (χ1v) is 13.4. The summed E-state index contributed by atoms with van der Waals surface area (Å²) in [5.74, 6) is 2.48. The van der Waals surface area contributed by atoms with Crippen molar-refractivity contribution in [3.63, 3.8) is 0 Å². The number of fused-ring (bicyclic) bond motifs is 1. The lowest BCUT2D eigenvalue weighted by Gasteiger charge is -2.44. The molecule has 0 amide bonds. The highest BCUT2D eigenvalue weighted by molar-refractivity contribution is 5.32. The Hall–Kier alpha value is -1.88. The van der Waals surface area contributed by atoms with E-state index in [4.69, 9.17) is 4.74 Å². The molecule has 0 aliphatic heterocycles. The van der Waals surface area contributed by atoms with Crippen LogP contribution in [0.1, 0.15) is 78.2 Å². The van der Waals surface area contributed by atoms with Crippen LogP contribution in [-0.2, 0) is 5.60 Å². The molecule has 3 unspecified atom stereocenters. The summed E-state index contributed by atoms with van der Waals surface area (Å²) in [5.41, 5.74) is 3.46. The van der Waals surface area contributed by atoms with Crippen LogP contribution in [-0.4, -0.2) is 34.1 Å². The fourth-order valence-corrected chi connectivity index (χ4v) is 6.95. The number of hydrogen-bond donors (Lipinski definition) is 3. The van der Waals surface area contributed by atoms with Crippen LogP contribution in [0, 0.1) is 23.2 Å². The molecule has 0 aromatic heterocycles. The zero-order valence-corrected chi connectivity index (χ0v) is 22.0. The molecule has 35 heavy (non-hydrogen) atoms. The van der Waals surface area contributed by atoms with E-state index in [0.29, 0.717) is 42.8 Å². The molecule has 4 heteroatoms. The van der Waals surface area contributed by atoms with Gasteiger partial charge >= 0.3 is 0 Å². The maximum Gasteiger partial charge on any atom is 0.119 e.